The van der Waals surface area contributed by atoms with Crippen molar-refractivity contribution in [3.05, 3.63) is 69.6 Å². The lowest BCUT2D eigenvalue weighted by atomic mass is 10.1. The van der Waals surface area contributed by atoms with Crippen molar-refractivity contribution >= 4 is 51.0 Å². The lowest BCUT2D eigenvalue weighted by Gasteiger charge is -2.12. The van der Waals surface area contributed by atoms with Gasteiger partial charge in [0, 0.05) is 34.2 Å². The Morgan fingerprint density at radius 2 is 2.04 bits per heavy atom. The second-order valence-electron chi connectivity index (χ2n) is 6.47. The summed E-state index contributed by atoms with van der Waals surface area (Å²) in [4.78, 5) is 33.4. The molecule has 0 aliphatic heterocycles. The van der Waals surface area contributed by atoms with Gasteiger partial charge in [-0.05, 0) is 30.7 Å². The second kappa shape index (κ2) is 7.81. The molecular formula is C21H18ClN3O2S. The average molecular weight is 412 g/mol. The fraction of sp³-hybridized carbons (Fsp3) is 0.190. The molecule has 0 fully saturated rings. The summed E-state index contributed by atoms with van der Waals surface area (Å²) in [6.07, 6.45) is 2.53. The van der Waals surface area contributed by atoms with Gasteiger partial charge in [0.05, 0.1) is 16.7 Å². The van der Waals surface area contributed by atoms with E-state index in [1.807, 2.05) is 31.2 Å². The van der Waals surface area contributed by atoms with E-state index in [-0.39, 0.29) is 17.1 Å². The maximum Gasteiger partial charge on any atom is 0.262 e. The number of ketones is 1. The van der Waals surface area contributed by atoms with Crippen LogP contribution in [0.5, 0.6) is 0 Å². The van der Waals surface area contributed by atoms with Crippen LogP contribution in [0.2, 0.25) is 5.02 Å². The number of nitrogens with zero attached hydrogens (tertiary/aromatic N) is 2. The first-order chi connectivity index (χ1) is 13.6. The van der Waals surface area contributed by atoms with Crippen LogP contribution in [-0.4, -0.2) is 26.1 Å². The van der Waals surface area contributed by atoms with Crippen LogP contribution in [-0.2, 0) is 6.54 Å². The Kier molecular flexibility index (Phi) is 5.24. The van der Waals surface area contributed by atoms with E-state index in [0.29, 0.717) is 33.2 Å². The number of fused-ring (bicyclic) bond motifs is 2. The zero-order valence-electron chi connectivity index (χ0n) is 15.2. The molecule has 0 unspecified atom stereocenters. The van der Waals surface area contributed by atoms with Gasteiger partial charge in [0.15, 0.2) is 10.9 Å². The van der Waals surface area contributed by atoms with Crippen molar-refractivity contribution in [3.8, 4) is 0 Å². The molecule has 1 N–H and O–H groups in total. The average Bonchev–Trinajstić information content (AvgIpc) is 3.12. The summed E-state index contributed by atoms with van der Waals surface area (Å²) in [5, 5.41) is 2.50. The lowest BCUT2D eigenvalue weighted by Crippen LogP contribution is -2.23. The Balaban J connectivity index is 1.67. The standard InChI is InChI=1S/C21H18ClN3O2S/c1-2-9-25-20(27)15-8-7-13(22)10-18(15)24-21(25)28-12-19(26)16-11-23-17-6-4-3-5-14(16)17/h3-8,10-11,23H,2,9,12H2,1H3. The van der Waals surface area contributed by atoms with E-state index in [1.54, 1.807) is 29.0 Å². The van der Waals surface area contributed by atoms with Crippen LogP contribution in [0.25, 0.3) is 21.8 Å². The number of Topliss-reactive ketones (excluding diaryl/α,β-unsaturated/α-hetero) is 1. The smallest absolute Gasteiger partial charge is 0.262 e. The third kappa shape index (κ3) is 3.45. The van der Waals surface area contributed by atoms with Crippen LogP contribution in [0.4, 0.5) is 0 Å². The molecule has 0 radical (unpaired) electrons. The number of H-pyrrole nitrogens is 1. The SMILES string of the molecule is CCCn1c(SCC(=O)c2c[nH]c3ccccc23)nc2cc(Cl)ccc2c1=O. The highest BCUT2D eigenvalue weighted by Crippen LogP contribution is 2.24. The van der Waals surface area contributed by atoms with Gasteiger partial charge < -0.3 is 4.98 Å². The minimum atomic E-state index is -0.106. The molecule has 5 nitrogen and oxygen atoms in total. The monoisotopic (exact) mass is 411 g/mol. The normalized spacial score (nSPS) is 11.4. The number of aromatic amines is 1. The molecule has 0 aliphatic carbocycles. The summed E-state index contributed by atoms with van der Waals surface area (Å²) in [5.41, 5.74) is 2.02. The summed E-state index contributed by atoms with van der Waals surface area (Å²) in [6, 6.07) is 12.8. The van der Waals surface area contributed by atoms with E-state index in [9.17, 15) is 9.59 Å². The Labute approximate surface area is 170 Å². The van der Waals surface area contributed by atoms with Crippen LogP contribution < -0.4 is 5.56 Å². The number of thioether (sulfide) groups is 1. The predicted molar refractivity (Wildman–Crippen MR) is 115 cm³/mol. The minimum Gasteiger partial charge on any atom is -0.360 e. The summed E-state index contributed by atoms with van der Waals surface area (Å²) < 4.78 is 1.64. The number of carbonyl (C=O) groups is 1. The molecule has 2 heterocycles. The van der Waals surface area contributed by atoms with Crippen molar-refractivity contribution in [1.82, 2.24) is 14.5 Å². The summed E-state index contributed by atoms with van der Waals surface area (Å²) in [7, 11) is 0. The van der Waals surface area contributed by atoms with Crippen molar-refractivity contribution < 1.29 is 4.79 Å². The number of hydrogen-bond acceptors (Lipinski definition) is 4. The third-order valence-electron chi connectivity index (χ3n) is 4.55. The van der Waals surface area contributed by atoms with E-state index < -0.39 is 0 Å². The van der Waals surface area contributed by atoms with E-state index >= 15 is 0 Å². The van der Waals surface area contributed by atoms with Crippen molar-refractivity contribution in [2.75, 3.05) is 5.75 Å². The molecule has 0 atom stereocenters. The van der Waals surface area contributed by atoms with Crippen LogP contribution >= 0.6 is 23.4 Å². The Bertz CT molecular complexity index is 1250. The number of carbonyl (C=O) groups excluding carboxylic acids is 1. The van der Waals surface area contributed by atoms with Gasteiger partial charge in [-0.15, -0.1) is 0 Å². The molecule has 0 amide bonds. The molecule has 0 bridgehead atoms. The minimum absolute atomic E-state index is 0.00839. The zero-order chi connectivity index (χ0) is 19.7. The van der Waals surface area contributed by atoms with E-state index in [4.69, 9.17) is 11.6 Å². The highest BCUT2D eigenvalue weighted by Gasteiger charge is 2.16. The first kappa shape index (κ1) is 18.8. The summed E-state index contributed by atoms with van der Waals surface area (Å²) >= 11 is 7.34. The summed E-state index contributed by atoms with van der Waals surface area (Å²) in [5.74, 6) is 0.190. The molecule has 0 saturated heterocycles. The number of aromatic nitrogens is 3. The van der Waals surface area contributed by atoms with Gasteiger partial charge in [0.25, 0.3) is 5.56 Å². The Morgan fingerprint density at radius 3 is 2.86 bits per heavy atom. The maximum atomic E-state index is 12.9. The number of halogens is 1. The van der Waals surface area contributed by atoms with Crippen molar-refractivity contribution in [2.45, 2.75) is 25.0 Å². The molecule has 0 spiro atoms. The van der Waals surface area contributed by atoms with Gasteiger partial charge in [0.1, 0.15) is 0 Å². The van der Waals surface area contributed by atoms with Crippen LogP contribution in [0.3, 0.4) is 0 Å². The Morgan fingerprint density at radius 1 is 1.21 bits per heavy atom. The first-order valence-electron chi connectivity index (χ1n) is 9.00. The summed E-state index contributed by atoms with van der Waals surface area (Å²) in [6.45, 7) is 2.55. The molecular weight excluding hydrogens is 394 g/mol. The number of para-hydroxylation sites is 1. The van der Waals surface area contributed by atoms with Crippen molar-refractivity contribution in [3.63, 3.8) is 0 Å². The zero-order valence-corrected chi connectivity index (χ0v) is 16.8. The van der Waals surface area contributed by atoms with E-state index in [2.05, 4.69) is 9.97 Å². The van der Waals surface area contributed by atoms with Gasteiger partial charge in [-0.3, -0.25) is 14.2 Å². The number of nitrogens with one attached hydrogen (secondary N) is 1. The fourth-order valence-electron chi connectivity index (χ4n) is 3.21. The quantitative estimate of drug-likeness (QED) is 0.278. The van der Waals surface area contributed by atoms with Gasteiger partial charge in [-0.25, -0.2) is 4.98 Å². The fourth-order valence-corrected chi connectivity index (χ4v) is 4.29. The second-order valence-corrected chi connectivity index (χ2v) is 7.85. The van der Waals surface area contributed by atoms with Gasteiger partial charge >= 0.3 is 0 Å². The molecule has 4 rings (SSSR count). The third-order valence-corrected chi connectivity index (χ3v) is 5.76. The predicted octanol–water partition coefficient (Wildman–Crippen LogP) is 4.92. The van der Waals surface area contributed by atoms with Crippen molar-refractivity contribution in [1.29, 1.82) is 0 Å². The number of rotatable bonds is 6. The van der Waals surface area contributed by atoms with Crippen LogP contribution in [0.15, 0.2) is 58.6 Å². The molecule has 0 aliphatic rings. The lowest BCUT2D eigenvalue weighted by molar-refractivity contribution is 0.102. The largest absolute Gasteiger partial charge is 0.360 e. The number of benzene rings is 2. The highest BCUT2D eigenvalue weighted by atomic mass is 35.5. The Hall–Kier alpha value is -2.57. The maximum absolute atomic E-state index is 12.9. The first-order valence-corrected chi connectivity index (χ1v) is 10.4. The number of hydrogen-bond donors (Lipinski definition) is 1. The van der Waals surface area contributed by atoms with Gasteiger partial charge in [0.2, 0.25) is 0 Å². The molecule has 4 aromatic rings. The molecule has 142 valence electrons. The molecule has 2 aromatic heterocycles. The molecule has 0 saturated carbocycles. The van der Waals surface area contributed by atoms with E-state index in [0.717, 1.165) is 17.3 Å². The highest BCUT2D eigenvalue weighted by molar-refractivity contribution is 7.99. The topological polar surface area (TPSA) is 67.8 Å². The van der Waals surface area contributed by atoms with E-state index in [1.165, 1.54) is 11.8 Å². The molecule has 7 heteroatoms. The molecule has 28 heavy (non-hydrogen) atoms. The molecule has 2 aromatic carbocycles. The van der Waals surface area contributed by atoms with Gasteiger partial charge in [-0.2, -0.15) is 0 Å². The van der Waals surface area contributed by atoms with Crippen LogP contribution in [0.1, 0.15) is 23.7 Å². The van der Waals surface area contributed by atoms with Gasteiger partial charge in [-0.1, -0.05) is 48.5 Å². The van der Waals surface area contributed by atoms with Crippen LogP contribution in [0, 0.1) is 0 Å². The van der Waals surface area contributed by atoms with Crippen molar-refractivity contribution in [2.24, 2.45) is 0 Å².